The van der Waals surface area contributed by atoms with Gasteiger partial charge < -0.3 is 4.90 Å². The molecule has 0 amide bonds. The van der Waals surface area contributed by atoms with Gasteiger partial charge in [0.2, 0.25) is 0 Å². The van der Waals surface area contributed by atoms with E-state index in [1.807, 2.05) is 22.7 Å². The molecule has 0 atom stereocenters. The maximum Gasteiger partial charge on any atom is 0.0540 e. The highest BCUT2D eigenvalue weighted by Crippen LogP contribution is 2.47. The maximum absolute atomic E-state index is 2.47. The summed E-state index contributed by atoms with van der Waals surface area (Å²) in [6, 6.07) is 73.6. The Balaban J connectivity index is 1.12. The first-order chi connectivity index (χ1) is 27.2. The molecule has 0 aliphatic rings. The highest BCUT2D eigenvalue weighted by Gasteiger charge is 2.21. The molecule has 0 aliphatic heterocycles. The molecule has 0 N–H and O–H groups in total. The Bertz CT molecular complexity index is 3240. The van der Waals surface area contributed by atoms with E-state index in [-0.39, 0.29) is 0 Å². The molecule has 3 heteroatoms. The van der Waals surface area contributed by atoms with Gasteiger partial charge in [-0.1, -0.05) is 140 Å². The van der Waals surface area contributed by atoms with E-state index in [0.29, 0.717) is 0 Å². The van der Waals surface area contributed by atoms with Gasteiger partial charge in [-0.3, -0.25) is 0 Å². The monoisotopic (exact) mass is 735 g/mol. The van der Waals surface area contributed by atoms with Crippen molar-refractivity contribution < 1.29 is 0 Å². The first-order valence-corrected chi connectivity index (χ1v) is 20.3. The summed E-state index contributed by atoms with van der Waals surface area (Å²) in [5.74, 6) is 0. The third-order valence-corrected chi connectivity index (χ3v) is 13.1. The first kappa shape index (κ1) is 32.0. The molecule has 0 saturated heterocycles. The molecule has 0 fully saturated rings. The normalized spacial score (nSPS) is 11.6. The van der Waals surface area contributed by atoms with Crippen LogP contribution < -0.4 is 4.90 Å². The van der Waals surface area contributed by atoms with Gasteiger partial charge in [0.05, 0.1) is 11.4 Å². The molecule has 2 aromatic heterocycles. The van der Waals surface area contributed by atoms with Crippen LogP contribution in [0.4, 0.5) is 17.1 Å². The van der Waals surface area contributed by atoms with Gasteiger partial charge in [-0.05, 0) is 93.7 Å². The van der Waals surface area contributed by atoms with Crippen molar-refractivity contribution in [2.24, 2.45) is 0 Å². The van der Waals surface area contributed by atoms with E-state index in [0.717, 1.165) is 17.1 Å². The van der Waals surface area contributed by atoms with Gasteiger partial charge in [0, 0.05) is 57.2 Å². The van der Waals surface area contributed by atoms with Crippen LogP contribution in [0.5, 0.6) is 0 Å². The summed E-state index contributed by atoms with van der Waals surface area (Å²) < 4.78 is 5.26. The van der Waals surface area contributed by atoms with Crippen LogP contribution in [0.1, 0.15) is 0 Å². The maximum atomic E-state index is 2.47. The van der Waals surface area contributed by atoms with Crippen molar-refractivity contribution in [3.05, 3.63) is 200 Å². The van der Waals surface area contributed by atoms with E-state index in [1.54, 1.807) is 0 Å². The molecule has 11 aromatic rings. The predicted octanol–water partition coefficient (Wildman–Crippen LogP) is 16.0. The smallest absolute Gasteiger partial charge is 0.0540 e. The average molecular weight is 736 g/mol. The van der Waals surface area contributed by atoms with Crippen LogP contribution in [0.2, 0.25) is 0 Å². The van der Waals surface area contributed by atoms with Crippen molar-refractivity contribution in [2.75, 3.05) is 4.90 Å². The molecule has 258 valence electrons. The largest absolute Gasteiger partial charge is 0.309 e. The molecule has 11 rings (SSSR count). The lowest BCUT2D eigenvalue weighted by atomic mass is 9.96. The quantitative estimate of drug-likeness (QED) is 0.164. The first-order valence-electron chi connectivity index (χ1n) is 18.7. The van der Waals surface area contributed by atoms with Crippen LogP contribution >= 0.6 is 22.7 Å². The van der Waals surface area contributed by atoms with Gasteiger partial charge in [-0.25, -0.2) is 0 Å². The molecule has 55 heavy (non-hydrogen) atoms. The number of hydrogen-bond donors (Lipinski definition) is 0. The van der Waals surface area contributed by atoms with Crippen LogP contribution in [0.3, 0.4) is 0 Å². The third-order valence-electron chi connectivity index (χ3n) is 10.9. The van der Waals surface area contributed by atoms with Crippen LogP contribution in [0.25, 0.3) is 84.5 Å². The molecule has 0 bridgehead atoms. The second-order valence-corrected chi connectivity index (χ2v) is 16.3. The Morgan fingerprint density at radius 2 is 0.836 bits per heavy atom. The van der Waals surface area contributed by atoms with Gasteiger partial charge in [0.15, 0.2) is 0 Å². The summed E-state index contributed by atoms with van der Waals surface area (Å²) in [4.78, 5) is 2.47. The zero-order valence-electron chi connectivity index (χ0n) is 29.8. The number of thiophene rings is 2. The Kier molecular flexibility index (Phi) is 7.61. The number of benzene rings is 9. The second kappa shape index (κ2) is 13.1. The lowest BCUT2D eigenvalue weighted by molar-refractivity contribution is 1.28. The van der Waals surface area contributed by atoms with Crippen LogP contribution in [-0.2, 0) is 0 Å². The van der Waals surface area contributed by atoms with E-state index in [9.17, 15) is 0 Å². The van der Waals surface area contributed by atoms with Crippen molar-refractivity contribution in [3.63, 3.8) is 0 Å². The van der Waals surface area contributed by atoms with Crippen molar-refractivity contribution in [1.82, 2.24) is 0 Å². The summed E-state index contributed by atoms with van der Waals surface area (Å²) in [7, 11) is 0. The molecule has 0 saturated carbocycles. The number of anilines is 3. The van der Waals surface area contributed by atoms with E-state index in [1.165, 1.54) is 84.5 Å². The fraction of sp³-hybridized carbons (Fsp3) is 0. The van der Waals surface area contributed by atoms with Crippen molar-refractivity contribution in [3.8, 4) is 33.4 Å². The highest BCUT2D eigenvalue weighted by atomic mass is 32.1. The minimum Gasteiger partial charge on any atom is -0.309 e. The summed E-state index contributed by atoms with van der Waals surface area (Å²) in [6.07, 6.45) is 0. The SMILES string of the molecule is c1cc(-c2ccc3sc4ccccc4c3c2)cc(N(c2ccccc2-c2ccc3ccccc3c2)c2ccccc2-c2ccc3c(c2)sc2ccccc23)c1. The number of nitrogens with zero attached hydrogens (tertiary/aromatic N) is 1. The van der Waals surface area contributed by atoms with Crippen LogP contribution in [0, 0.1) is 0 Å². The molecule has 2 heterocycles. The summed E-state index contributed by atoms with van der Waals surface area (Å²) in [5, 5.41) is 7.73. The Hall–Kier alpha value is -6.52. The molecule has 0 aliphatic carbocycles. The number of hydrogen-bond acceptors (Lipinski definition) is 3. The third kappa shape index (κ3) is 5.51. The van der Waals surface area contributed by atoms with E-state index < -0.39 is 0 Å². The lowest BCUT2D eigenvalue weighted by Gasteiger charge is -2.30. The molecular weight excluding hydrogens is 703 g/mol. The molecule has 0 spiro atoms. The average Bonchev–Trinajstić information content (AvgIpc) is 3.82. The molecular formula is C52H33NS2. The van der Waals surface area contributed by atoms with Gasteiger partial charge in [0.1, 0.15) is 0 Å². The van der Waals surface area contributed by atoms with Crippen LogP contribution in [0.15, 0.2) is 200 Å². The molecule has 9 aromatic carbocycles. The van der Waals surface area contributed by atoms with Crippen LogP contribution in [-0.4, -0.2) is 0 Å². The number of para-hydroxylation sites is 2. The standard InChI is InChI=1S/C52H33NS2/c1-2-13-35-30-38(25-24-34(35)12-1)41-16-3-7-20-47(41)53(40-15-11-14-36(31-40)37-27-29-51-46(32-37)44-19-6-10-23-50(44)54-51)48-21-8-4-17-42(48)39-26-28-45-43-18-5-9-22-49(43)55-52(45)33-39/h1-33H. The fourth-order valence-electron chi connectivity index (χ4n) is 8.21. The second-order valence-electron chi connectivity index (χ2n) is 14.1. The molecule has 0 unspecified atom stereocenters. The Morgan fingerprint density at radius 3 is 1.62 bits per heavy atom. The van der Waals surface area contributed by atoms with Crippen molar-refractivity contribution in [2.45, 2.75) is 0 Å². The van der Waals surface area contributed by atoms with Crippen molar-refractivity contribution >= 4 is 90.9 Å². The molecule has 0 radical (unpaired) electrons. The Labute approximate surface area is 327 Å². The van der Waals surface area contributed by atoms with E-state index in [4.69, 9.17) is 0 Å². The molecule has 1 nitrogen and oxygen atoms in total. The number of fused-ring (bicyclic) bond motifs is 7. The minimum atomic E-state index is 1.11. The Morgan fingerprint density at radius 1 is 0.291 bits per heavy atom. The summed E-state index contributed by atoms with van der Waals surface area (Å²) in [5.41, 5.74) is 10.5. The zero-order valence-corrected chi connectivity index (χ0v) is 31.4. The minimum absolute atomic E-state index is 1.11. The summed E-state index contributed by atoms with van der Waals surface area (Å²) >= 11 is 3.73. The lowest BCUT2D eigenvalue weighted by Crippen LogP contribution is -2.12. The van der Waals surface area contributed by atoms with Gasteiger partial charge in [-0.2, -0.15) is 0 Å². The summed E-state index contributed by atoms with van der Waals surface area (Å²) in [6.45, 7) is 0. The van der Waals surface area contributed by atoms with Gasteiger partial charge >= 0.3 is 0 Å². The van der Waals surface area contributed by atoms with Gasteiger partial charge in [-0.15, -0.1) is 22.7 Å². The van der Waals surface area contributed by atoms with Gasteiger partial charge in [0.25, 0.3) is 0 Å². The van der Waals surface area contributed by atoms with E-state index >= 15 is 0 Å². The number of rotatable bonds is 6. The van der Waals surface area contributed by atoms with E-state index in [2.05, 4.69) is 205 Å². The highest BCUT2D eigenvalue weighted by molar-refractivity contribution is 7.26. The van der Waals surface area contributed by atoms with Crippen molar-refractivity contribution in [1.29, 1.82) is 0 Å². The zero-order chi connectivity index (χ0) is 36.3. The predicted molar refractivity (Wildman–Crippen MR) is 241 cm³/mol. The fourth-order valence-corrected chi connectivity index (χ4v) is 10.4. The topological polar surface area (TPSA) is 3.24 Å².